The first kappa shape index (κ1) is 13.9. The summed E-state index contributed by atoms with van der Waals surface area (Å²) >= 11 is 6.00. The van der Waals surface area contributed by atoms with E-state index >= 15 is 0 Å². The number of aliphatic imine (C=N–C) groups is 1. The van der Waals surface area contributed by atoms with E-state index in [0.717, 1.165) is 23.4 Å². The smallest absolute Gasteiger partial charge is 0.189 e. The van der Waals surface area contributed by atoms with Crippen LogP contribution in [0.15, 0.2) is 41.4 Å². The molecule has 0 unspecified atom stereocenters. The van der Waals surface area contributed by atoms with Gasteiger partial charge in [0, 0.05) is 11.1 Å². The molecule has 1 aliphatic carbocycles. The van der Waals surface area contributed by atoms with E-state index in [0.29, 0.717) is 24.5 Å². The first-order valence-corrected chi connectivity index (χ1v) is 6.88. The Morgan fingerprint density at radius 3 is 2.89 bits per heavy atom. The van der Waals surface area contributed by atoms with E-state index in [2.05, 4.69) is 23.0 Å². The Kier molecular flexibility index (Phi) is 4.48. The van der Waals surface area contributed by atoms with Gasteiger partial charge in [0.05, 0.1) is 6.54 Å². The van der Waals surface area contributed by atoms with Crippen LogP contribution in [0.1, 0.15) is 31.2 Å². The Hall–Kier alpha value is -1.48. The molecule has 1 aromatic rings. The van der Waals surface area contributed by atoms with Gasteiger partial charge in [0.1, 0.15) is 0 Å². The number of rotatable bonds is 4. The van der Waals surface area contributed by atoms with E-state index in [9.17, 15) is 0 Å². The fourth-order valence-corrected chi connectivity index (χ4v) is 2.44. The number of guanidine groups is 1. The fourth-order valence-electron chi connectivity index (χ4n) is 2.24. The maximum atomic E-state index is 6.00. The summed E-state index contributed by atoms with van der Waals surface area (Å²) in [6.07, 6.45) is 2.15. The van der Waals surface area contributed by atoms with Crippen molar-refractivity contribution >= 4 is 17.6 Å². The van der Waals surface area contributed by atoms with Crippen LogP contribution in [0.4, 0.5) is 0 Å². The monoisotopic (exact) mass is 277 g/mol. The molecule has 0 bridgehead atoms. The Labute approximate surface area is 119 Å². The second-order valence-electron chi connectivity index (χ2n) is 5.22. The van der Waals surface area contributed by atoms with Crippen LogP contribution in [-0.2, 0) is 0 Å². The summed E-state index contributed by atoms with van der Waals surface area (Å²) in [5.41, 5.74) is 8.14. The standard InChI is InChI=1S/C15H20ClN3/c1-10(2)9-18-15(17)19-14-7-12(8-14)11-4-3-5-13(16)6-11/h3-6,12,14H,1,7-9H2,2H3,(H3,17,18,19). The highest BCUT2D eigenvalue weighted by molar-refractivity contribution is 6.30. The molecule has 0 amide bonds. The number of nitrogens with one attached hydrogen (secondary N) is 1. The maximum absolute atomic E-state index is 6.00. The lowest BCUT2D eigenvalue weighted by molar-refractivity contribution is 0.323. The average molecular weight is 278 g/mol. The van der Waals surface area contributed by atoms with Crippen molar-refractivity contribution in [1.29, 1.82) is 0 Å². The Morgan fingerprint density at radius 1 is 1.53 bits per heavy atom. The molecule has 1 aliphatic rings. The van der Waals surface area contributed by atoms with Crippen LogP contribution in [0.5, 0.6) is 0 Å². The van der Waals surface area contributed by atoms with Gasteiger partial charge in [0.25, 0.3) is 0 Å². The van der Waals surface area contributed by atoms with Gasteiger partial charge in [-0.1, -0.05) is 35.9 Å². The van der Waals surface area contributed by atoms with Gasteiger partial charge in [0.2, 0.25) is 0 Å². The summed E-state index contributed by atoms with van der Waals surface area (Å²) in [7, 11) is 0. The lowest BCUT2D eigenvalue weighted by Crippen LogP contribution is -2.46. The molecule has 1 fully saturated rings. The van der Waals surface area contributed by atoms with Gasteiger partial charge < -0.3 is 11.1 Å². The van der Waals surface area contributed by atoms with Gasteiger partial charge in [-0.3, -0.25) is 0 Å². The summed E-state index contributed by atoms with van der Waals surface area (Å²) in [6, 6.07) is 8.49. The Bertz CT molecular complexity index is 490. The number of hydrogen-bond acceptors (Lipinski definition) is 1. The molecule has 0 spiro atoms. The molecular formula is C15H20ClN3. The third kappa shape index (κ3) is 4.00. The number of nitrogens with zero attached hydrogens (tertiary/aromatic N) is 1. The summed E-state index contributed by atoms with van der Waals surface area (Å²) in [6.45, 7) is 6.32. The topological polar surface area (TPSA) is 50.4 Å². The van der Waals surface area contributed by atoms with E-state index in [-0.39, 0.29) is 0 Å². The van der Waals surface area contributed by atoms with Crippen LogP contribution in [-0.4, -0.2) is 18.5 Å². The summed E-state index contributed by atoms with van der Waals surface area (Å²) in [5.74, 6) is 1.09. The molecule has 0 aromatic heterocycles. The van der Waals surface area contributed by atoms with E-state index in [1.807, 2.05) is 25.1 Å². The van der Waals surface area contributed by atoms with Crippen LogP contribution in [0, 0.1) is 0 Å². The van der Waals surface area contributed by atoms with E-state index in [1.165, 1.54) is 5.56 Å². The van der Waals surface area contributed by atoms with Crippen molar-refractivity contribution in [2.45, 2.75) is 31.7 Å². The van der Waals surface area contributed by atoms with E-state index in [1.54, 1.807) is 0 Å². The zero-order valence-electron chi connectivity index (χ0n) is 11.2. The van der Waals surface area contributed by atoms with E-state index in [4.69, 9.17) is 17.3 Å². The third-order valence-electron chi connectivity index (χ3n) is 3.33. The second kappa shape index (κ2) is 6.11. The molecule has 0 radical (unpaired) electrons. The third-order valence-corrected chi connectivity index (χ3v) is 3.56. The Morgan fingerprint density at radius 2 is 2.26 bits per heavy atom. The van der Waals surface area contributed by atoms with Gasteiger partial charge >= 0.3 is 0 Å². The minimum atomic E-state index is 0.415. The van der Waals surface area contributed by atoms with Crippen LogP contribution < -0.4 is 11.1 Å². The molecule has 0 atom stereocenters. The predicted octanol–water partition coefficient (Wildman–Crippen LogP) is 3.07. The molecule has 1 saturated carbocycles. The van der Waals surface area contributed by atoms with Crippen LogP contribution in [0.25, 0.3) is 0 Å². The molecule has 0 aliphatic heterocycles. The number of nitrogens with two attached hydrogens (primary N) is 1. The zero-order valence-corrected chi connectivity index (χ0v) is 12.0. The van der Waals surface area contributed by atoms with Gasteiger partial charge in [-0.25, -0.2) is 4.99 Å². The van der Waals surface area contributed by atoms with Crippen LogP contribution in [0.3, 0.4) is 0 Å². The van der Waals surface area contributed by atoms with Gasteiger partial charge in [0.15, 0.2) is 5.96 Å². The van der Waals surface area contributed by atoms with Gasteiger partial charge in [-0.15, -0.1) is 0 Å². The lowest BCUT2D eigenvalue weighted by atomic mass is 9.76. The molecular weight excluding hydrogens is 258 g/mol. The maximum Gasteiger partial charge on any atom is 0.189 e. The van der Waals surface area contributed by atoms with Gasteiger partial charge in [-0.2, -0.15) is 0 Å². The minimum absolute atomic E-state index is 0.415. The van der Waals surface area contributed by atoms with Crippen molar-refractivity contribution in [3.8, 4) is 0 Å². The first-order chi connectivity index (χ1) is 9.04. The normalized spacial score (nSPS) is 22.7. The predicted molar refractivity (Wildman–Crippen MR) is 81.7 cm³/mol. The molecule has 1 aromatic carbocycles. The number of benzene rings is 1. The molecule has 0 saturated heterocycles. The SMILES string of the molecule is C=C(C)CN=C(N)NC1CC(c2cccc(Cl)c2)C1. The number of hydrogen-bond donors (Lipinski definition) is 2. The lowest BCUT2D eigenvalue weighted by Gasteiger charge is -2.36. The molecule has 102 valence electrons. The quantitative estimate of drug-likeness (QED) is 0.505. The highest BCUT2D eigenvalue weighted by Crippen LogP contribution is 2.37. The summed E-state index contributed by atoms with van der Waals surface area (Å²) < 4.78 is 0. The molecule has 19 heavy (non-hydrogen) atoms. The van der Waals surface area contributed by atoms with Crippen LogP contribution in [0.2, 0.25) is 5.02 Å². The largest absolute Gasteiger partial charge is 0.370 e. The molecule has 3 nitrogen and oxygen atoms in total. The highest BCUT2D eigenvalue weighted by Gasteiger charge is 2.30. The Balaban J connectivity index is 1.80. The summed E-state index contributed by atoms with van der Waals surface area (Å²) in [5, 5.41) is 4.04. The highest BCUT2D eigenvalue weighted by atomic mass is 35.5. The average Bonchev–Trinajstić information content (AvgIpc) is 2.30. The summed E-state index contributed by atoms with van der Waals surface area (Å²) in [4.78, 5) is 4.22. The molecule has 4 heteroatoms. The zero-order chi connectivity index (χ0) is 13.8. The van der Waals surface area contributed by atoms with Crippen molar-refractivity contribution in [2.24, 2.45) is 10.7 Å². The van der Waals surface area contributed by atoms with Crippen molar-refractivity contribution in [3.05, 3.63) is 47.0 Å². The van der Waals surface area contributed by atoms with Crippen LogP contribution >= 0.6 is 11.6 Å². The first-order valence-electron chi connectivity index (χ1n) is 6.51. The number of halogens is 1. The van der Waals surface area contributed by atoms with Crippen molar-refractivity contribution < 1.29 is 0 Å². The van der Waals surface area contributed by atoms with Gasteiger partial charge in [-0.05, 0) is 43.4 Å². The van der Waals surface area contributed by atoms with Crippen molar-refractivity contribution in [1.82, 2.24) is 5.32 Å². The second-order valence-corrected chi connectivity index (χ2v) is 5.66. The molecule has 0 heterocycles. The molecule has 3 N–H and O–H groups in total. The fraction of sp³-hybridized carbons (Fsp3) is 0.400. The van der Waals surface area contributed by atoms with Crippen molar-refractivity contribution in [2.75, 3.05) is 6.54 Å². The van der Waals surface area contributed by atoms with Crippen molar-refractivity contribution in [3.63, 3.8) is 0 Å². The minimum Gasteiger partial charge on any atom is -0.370 e. The molecule has 2 rings (SSSR count). The van der Waals surface area contributed by atoms with E-state index < -0.39 is 0 Å².